The molecule has 0 rings (SSSR count). The normalized spacial score (nSPS) is 11.6. The molecule has 0 aromatic carbocycles. The average molecular weight is 220 g/mol. The first-order valence-corrected chi connectivity index (χ1v) is 6.79. The lowest BCUT2D eigenvalue weighted by Crippen LogP contribution is -1.79. The lowest BCUT2D eigenvalue weighted by molar-refractivity contribution is 0.600. The largest absolute Gasteiger partial charge is 0.103 e. The van der Waals surface area contributed by atoms with E-state index in [1.807, 2.05) is 6.08 Å². The van der Waals surface area contributed by atoms with Crippen molar-refractivity contribution in [3.05, 3.63) is 37.0 Å². The van der Waals surface area contributed by atoms with Crippen LogP contribution in [-0.2, 0) is 0 Å². The minimum atomic E-state index is 1.02. The Morgan fingerprint density at radius 1 is 0.750 bits per heavy atom. The van der Waals surface area contributed by atoms with E-state index >= 15 is 0 Å². The van der Waals surface area contributed by atoms with Crippen LogP contribution in [0.1, 0.15) is 64.7 Å². The SMILES string of the molecule is C=CCC=CCCCCCCCCC=CC. The molecule has 0 amide bonds. The zero-order chi connectivity index (χ0) is 11.9. The third-order valence-electron chi connectivity index (χ3n) is 2.70. The van der Waals surface area contributed by atoms with Crippen molar-refractivity contribution in [2.45, 2.75) is 64.7 Å². The van der Waals surface area contributed by atoms with Crippen LogP contribution in [0.25, 0.3) is 0 Å². The van der Waals surface area contributed by atoms with Gasteiger partial charge in [0.25, 0.3) is 0 Å². The van der Waals surface area contributed by atoms with Gasteiger partial charge in [0.05, 0.1) is 0 Å². The van der Waals surface area contributed by atoms with Gasteiger partial charge >= 0.3 is 0 Å². The summed E-state index contributed by atoms with van der Waals surface area (Å²) in [6.45, 7) is 5.79. The number of hydrogen-bond donors (Lipinski definition) is 0. The van der Waals surface area contributed by atoms with Gasteiger partial charge in [0, 0.05) is 0 Å². The second-order valence-electron chi connectivity index (χ2n) is 4.26. The summed E-state index contributed by atoms with van der Waals surface area (Å²) in [5, 5.41) is 0. The minimum absolute atomic E-state index is 1.02. The Labute approximate surface area is 102 Å². The van der Waals surface area contributed by atoms with Crippen LogP contribution in [0.15, 0.2) is 37.0 Å². The molecule has 0 nitrogen and oxygen atoms in total. The number of unbranched alkanes of at least 4 members (excludes halogenated alkanes) is 7. The van der Waals surface area contributed by atoms with Gasteiger partial charge in [-0.2, -0.15) is 0 Å². The molecule has 0 heteroatoms. The summed E-state index contributed by atoms with van der Waals surface area (Å²) >= 11 is 0. The highest BCUT2D eigenvalue weighted by molar-refractivity contribution is 4.87. The molecule has 0 spiro atoms. The van der Waals surface area contributed by atoms with Crippen molar-refractivity contribution in [1.82, 2.24) is 0 Å². The molecule has 0 aromatic heterocycles. The van der Waals surface area contributed by atoms with E-state index in [2.05, 4.69) is 37.8 Å². The van der Waals surface area contributed by atoms with E-state index in [0.717, 1.165) is 6.42 Å². The highest BCUT2D eigenvalue weighted by Crippen LogP contribution is 2.09. The van der Waals surface area contributed by atoms with E-state index in [1.54, 1.807) is 0 Å². The number of hydrogen-bond acceptors (Lipinski definition) is 0. The second kappa shape index (κ2) is 14.2. The van der Waals surface area contributed by atoms with E-state index in [1.165, 1.54) is 51.4 Å². The molecule has 0 saturated carbocycles. The van der Waals surface area contributed by atoms with Crippen molar-refractivity contribution in [2.24, 2.45) is 0 Å². The Morgan fingerprint density at radius 2 is 1.31 bits per heavy atom. The van der Waals surface area contributed by atoms with Crippen molar-refractivity contribution < 1.29 is 0 Å². The Morgan fingerprint density at radius 3 is 1.88 bits per heavy atom. The van der Waals surface area contributed by atoms with Gasteiger partial charge in [0.15, 0.2) is 0 Å². The molecular weight excluding hydrogens is 192 g/mol. The third kappa shape index (κ3) is 13.2. The van der Waals surface area contributed by atoms with Gasteiger partial charge in [-0.05, 0) is 39.0 Å². The zero-order valence-corrected chi connectivity index (χ0v) is 11.0. The van der Waals surface area contributed by atoms with Crippen molar-refractivity contribution in [1.29, 1.82) is 0 Å². The molecule has 0 aliphatic rings. The smallest absolute Gasteiger partial charge is 0.0172 e. The van der Waals surface area contributed by atoms with Crippen molar-refractivity contribution in [2.75, 3.05) is 0 Å². The van der Waals surface area contributed by atoms with Gasteiger partial charge in [-0.15, -0.1) is 6.58 Å². The highest BCUT2D eigenvalue weighted by atomic mass is 14.0. The van der Waals surface area contributed by atoms with Crippen LogP contribution < -0.4 is 0 Å². The molecule has 0 aliphatic heterocycles. The molecule has 0 bridgehead atoms. The first-order valence-electron chi connectivity index (χ1n) is 6.79. The van der Waals surface area contributed by atoms with Crippen LogP contribution >= 0.6 is 0 Å². The summed E-state index contributed by atoms with van der Waals surface area (Å²) in [4.78, 5) is 0. The number of allylic oxidation sites excluding steroid dienone is 5. The van der Waals surface area contributed by atoms with E-state index in [-0.39, 0.29) is 0 Å². The fraction of sp³-hybridized carbons (Fsp3) is 0.625. The van der Waals surface area contributed by atoms with Crippen LogP contribution in [0.3, 0.4) is 0 Å². The molecule has 0 saturated heterocycles. The fourth-order valence-electron chi connectivity index (χ4n) is 1.71. The lowest BCUT2D eigenvalue weighted by atomic mass is 10.1. The van der Waals surface area contributed by atoms with E-state index < -0.39 is 0 Å². The lowest BCUT2D eigenvalue weighted by Gasteiger charge is -1.99. The van der Waals surface area contributed by atoms with Crippen LogP contribution in [0.4, 0.5) is 0 Å². The zero-order valence-electron chi connectivity index (χ0n) is 11.0. The van der Waals surface area contributed by atoms with Crippen LogP contribution in [0.5, 0.6) is 0 Å². The van der Waals surface area contributed by atoms with Gasteiger partial charge in [0.1, 0.15) is 0 Å². The van der Waals surface area contributed by atoms with Crippen LogP contribution in [0, 0.1) is 0 Å². The van der Waals surface area contributed by atoms with E-state index in [0.29, 0.717) is 0 Å². The molecule has 0 N–H and O–H groups in total. The summed E-state index contributed by atoms with van der Waals surface area (Å²) < 4.78 is 0. The van der Waals surface area contributed by atoms with Crippen LogP contribution in [0.2, 0.25) is 0 Å². The molecule has 0 radical (unpaired) electrons. The summed E-state index contributed by atoms with van der Waals surface area (Å²) in [6, 6.07) is 0. The van der Waals surface area contributed by atoms with E-state index in [9.17, 15) is 0 Å². The van der Waals surface area contributed by atoms with Crippen molar-refractivity contribution in [3.63, 3.8) is 0 Å². The molecule has 92 valence electrons. The molecule has 0 aromatic rings. The van der Waals surface area contributed by atoms with Gasteiger partial charge in [-0.3, -0.25) is 0 Å². The Bertz CT molecular complexity index is 186. The maximum Gasteiger partial charge on any atom is -0.0172 e. The predicted octanol–water partition coefficient (Wildman–Crippen LogP) is 5.82. The summed E-state index contributed by atoms with van der Waals surface area (Å²) in [5.41, 5.74) is 0. The summed E-state index contributed by atoms with van der Waals surface area (Å²) in [6.07, 6.45) is 22.7. The molecular formula is C16H28. The monoisotopic (exact) mass is 220 g/mol. The highest BCUT2D eigenvalue weighted by Gasteiger charge is 1.89. The fourth-order valence-corrected chi connectivity index (χ4v) is 1.71. The minimum Gasteiger partial charge on any atom is -0.103 e. The van der Waals surface area contributed by atoms with Crippen LogP contribution in [-0.4, -0.2) is 0 Å². The quantitative estimate of drug-likeness (QED) is 0.304. The van der Waals surface area contributed by atoms with Gasteiger partial charge in [-0.1, -0.05) is 56.1 Å². The second-order valence-corrected chi connectivity index (χ2v) is 4.26. The third-order valence-corrected chi connectivity index (χ3v) is 2.70. The van der Waals surface area contributed by atoms with Crippen molar-refractivity contribution >= 4 is 0 Å². The van der Waals surface area contributed by atoms with Gasteiger partial charge < -0.3 is 0 Å². The molecule has 0 heterocycles. The summed E-state index contributed by atoms with van der Waals surface area (Å²) in [7, 11) is 0. The maximum absolute atomic E-state index is 3.69. The standard InChI is InChI=1S/C16H28/c1-3-5-7-9-11-13-15-16-14-12-10-8-6-4-2/h3-4,6-7,9H,1,5,8,10-16H2,2H3. The Kier molecular flexibility index (Phi) is 13.5. The summed E-state index contributed by atoms with van der Waals surface area (Å²) in [5.74, 6) is 0. The first kappa shape index (κ1) is 15.2. The van der Waals surface area contributed by atoms with Gasteiger partial charge in [0.2, 0.25) is 0 Å². The molecule has 0 aliphatic carbocycles. The Hall–Kier alpha value is -0.780. The number of rotatable bonds is 11. The van der Waals surface area contributed by atoms with Crippen molar-refractivity contribution in [3.8, 4) is 0 Å². The van der Waals surface area contributed by atoms with E-state index in [4.69, 9.17) is 0 Å². The predicted molar refractivity (Wildman–Crippen MR) is 75.7 cm³/mol. The maximum atomic E-state index is 3.69. The van der Waals surface area contributed by atoms with Gasteiger partial charge in [-0.25, -0.2) is 0 Å². The molecule has 0 unspecified atom stereocenters. The molecule has 0 fully saturated rings. The molecule has 16 heavy (non-hydrogen) atoms. The first-order chi connectivity index (χ1) is 7.91. The topological polar surface area (TPSA) is 0 Å². The average Bonchev–Trinajstić information content (AvgIpc) is 2.31. The Balaban J connectivity index is 3.01. The molecule has 0 atom stereocenters.